The van der Waals surface area contributed by atoms with Crippen molar-refractivity contribution in [1.29, 1.82) is 0 Å². The molecule has 3 unspecified atom stereocenters. The van der Waals surface area contributed by atoms with Crippen LogP contribution in [0.25, 0.3) is 0 Å². The summed E-state index contributed by atoms with van der Waals surface area (Å²) in [6.45, 7) is 4.39. The summed E-state index contributed by atoms with van der Waals surface area (Å²) in [5, 5.41) is 3.74. The number of nitrogens with one attached hydrogen (secondary N) is 1. The fourth-order valence-corrected chi connectivity index (χ4v) is 3.44. The molecule has 0 spiro atoms. The van der Waals surface area contributed by atoms with E-state index in [4.69, 9.17) is 16.3 Å². The van der Waals surface area contributed by atoms with Gasteiger partial charge in [0, 0.05) is 36.2 Å². The van der Waals surface area contributed by atoms with Crippen LogP contribution in [0.4, 0.5) is 0 Å². The molecular weight excluding hydrogens is 398 g/mol. The van der Waals surface area contributed by atoms with Crippen molar-refractivity contribution in [2.24, 2.45) is 5.92 Å². The van der Waals surface area contributed by atoms with Crippen molar-refractivity contribution in [3.63, 3.8) is 0 Å². The van der Waals surface area contributed by atoms with Gasteiger partial charge in [0.25, 0.3) is 5.91 Å². The molecule has 156 valence electrons. The Hall–Kier alpha value is -2.92. The van der Waals surface area contributed by atoms with E-state index in [1.54, 1.807) is 31.5 Å². The van der Waals surface area contributed by atoms with Gasteiger partial charge in [0.2, 0.25) is 5.88 Å². The summed E-state index contributed by atoms with van der Waals surface area (Å²) in [7, 11) is 0. The second-order valence-corrected chi connectivity index (χ2v) is 7.81. The molecule has 0 fully saturated rings. The minimum absolute atomic E-state index is 0.163. The van der Waals surface area contributed by atoms with Gasteiger partial charge < -0.3 is 10.1 Å². The van der Waals surface area contributed by atoms with Crippen LogP contribution < -0.4 is 10.1 Å². The molecule has 6 heteroatoms. The van der Waals surface area contributed by atoms with Crippen molar-refractivity contribution in [1.82, 2.24) is 15.3 Å². The van der Waals surface area contributed by atoms with E-state index in [9.17, 15) is 4.79 Å². The van der Waals surface area contributed by atoms with E-state index in [0.29, 0.717) is 12.4 Å². The number of carbonyl (C=O) groups is 1. The maximum absolute atomic E-state index is 12.5. The average Bonchev–Trinajstić information content (AvgIpc) is 2.78. The third-order valence-electron chi connectivity index (χ3n) is 5.07. The van der Waals surface area contributed by atoms with E-state index in [1.165, 1.54) is 5.56 Å². The second kappa shape index (κ2) is 10.7. The number of benzene rings is 1. The van der Waals surface area contributed by atoms with Crippen LogP contribution in [0.5, 0.6) is 5.88 Å². The Balaban J connectivity index is 1.63. The molecule has 0 saturated carbocycles. The lowest BCUT2D eigenvalue weighted by molar-refractivity contribution is -0.127. The van der Waals surface area contributed by atoms with Crippen LogP contribution in [0.2, 0.25) is 5.02 Å². The van der Waals surface area contributed by atoms with Gasteiger partial charge in [0.15, 0.2) is 6.10 Å². The Morgan fingerprint density at radius 2 is 1.87 bits per heavy atom. The smallest absolute Gasteiger partial charge is 0.260 e. The molecule has 0 bridgehead atoms. The first kappa shape index (κ1) is 21.8. The number of pyridine rings is 2. The van der Waals surface area contributed by atoms with Gasteiger partial charge >= 0.3 is 0 Å². The Morgan fingerprint density at radius 1 is 1.07 bits per heavy atom. The lowest BCUT2D eigenvalue weighted by Crippen LogP contribution is -2.39. The summed E-state index contributed by atoms with van der Waals surface area (Å²) in [5.41, 5.74) is 2.34. The number of aromatic nitrogens is 2. The zero-order valence-electron chi connectivity index (χ0n) is 17.2. The van der Waals surface area contributed by atoms with Crippen molar-refractivity contribution in [2.75, 3.05) is 6.54 Å². The van der Waals surface area contributed by atoms with E-state index in [-0.39, 0.29) is 17.7 Å². The maximum atomic E-state index is 12.5. The highest BCUT2D eigenvalue weighted by Crippen LogP contribution is 2.28. The molecule has 0 aliphatic heterocycles. The summed E-state index contributed by atoms with van der Waals surface area (Å²) < 4.78 is 5.61. The van der Waals surface area contributed by atoms with Crippen molar-refractivity contribution in [3.8, 4) is 5.88 Å². The van der Waals surface area contributed by atoms with Gasteiger partial charge in [-0.05, 0) is 60.6 Å². The zero-order chi connectivity index (χ0) is 21.3. The Morgan fingerprint density at radius 3 is 2.53 bits per heavy atom. The fourth-order valence-electron chi connectivity index (χ4n) is 3.32. The molecule has 1 amide bonds. The van der Waals surface area contributed by atoms with Gasteiger partial charge in [-0.3, -0.25) is 9.78 Å². The number of hydrogen-bond donors (Lipinski definition) is 1. The van der Waals surface area contributed by atoms with Gasteiger partial charge in [-0.2, -0.15) is 0 Å². The van der Waals surface area contributed by atoms with Crippen LogP contribution >= 0.6 is 11.6 Å². The molecule has 2 heterocycles. The Labute approximate surface area is 182 Å². The molecule has 0 saturated heterocycles. The first-order valence-corrected chi connectivity index (χ1v) is 10.4. The monoisotopic (exact) mass is 423 g/mol. The SMILES string of the molecule is CC(Oc1ccccn1)C(=O)NCC(C)C(Cc1ccc(Cl)cc1)c1cccnc1. The van der Waals surface area contributed by atoms with Crippen LogP contribution in [-0.2, 0) is 11.2 Å². The lowest BCUT2D eigenvalue weighted by Gasteiger charge is -2.25. The number of amides is 1. The molecule has 3 rings (SSSR count). The van der Waals surface area contributed by atoms with E-state index in [2.05, 4.69) is 28.3 Å². The molecular formula is C24H26ClN3O2. The molecule has 3 atom stereocenters. The van der Waals surface area contributed by atoms with Gasteiger partial charge in [-0.1, -0.05) is 42.8 Å². The summed E-state index contributed by atoms with van der Waals surface area (Å²) in [4.78, 5) is 20.9. The van der Waals surface area contributed by atoms with Gasteiger partial charge in [0.05, 0.1) is 0 Å². The minimum atomic E-state index is -0.625. The molecule has 5 nitrogen and oxygen atoms in total. The standard InChI is InChI=1S/C24H26ClN3O2/c1-17(15-28-24(29)18(2)30-23-7-3-4-13-27-23)22(20-6-5-12-26-16-20)14-19-8-10-21(25)11-9-19/h3-13,16-18,22H,14-15H2,1-2H3,(H,28,29). The Bertz CT molecular complexity index is 920. The van der Waals surface area contributed by atoms with Crippen molar-refractivity contribution in [2.45, 2.75) is 32.3 Å². The highest BCUT2D eigenvalue weighted by Gasteiger charge is 2.22. The van der Waals surface area contributed by atoms with E-state index in [1.807, 2.05) is 42.6 Å². The number of rotatable bonds is 9. The first-order chi connectivity index (χ1) is 14.5. The molecule has 0 aliphatic carbocycles. The lowest BCUT2D eigenvalue weighted by atomic mass is 9.83. The number of carbonyl (C=O) groups excluding carboxylic acids is 1. The normalized spacial score (nSPS) is 13.8. The molecule has 3 aromatic rings. The summed E-state index contributed by atoms with van der Waals surface area (Å²) in [6, 6.07) is 17.3. The third kappa shape index (κ3) is 6.29. The number of nitrogens with zero attached hydrogens (tertiary/aromatic N) is 2. The zero-order valence-corrected chi connectivity index (χ0v) is 17.9. The Kier molecular flexibility index (Phi) is 7.80. The molecule has 0 aliphatic rings. The van der Waals surface area contributed by atoms with E-state index >= 15 is 0 Å². The van der Waals surface area contributed by atoms with Crippen LogP contribution in [0.3, 0.4) is 0 Å². The molecule has 2 aromatic heterocycles. The third-order valence-corrected chi connectivity index (χ3v) is 5.32. The maximum Gasteiger partial charge on any atom is 0.260 e. The number of ether oxygens (including phenoxy) is 1. The summed E-state index contributed by atoms with van der Waals surface area (Å²) >= 11 is 6.03. The van der Waals surface area contributed by atoms with Crippen molar-refractivity contribution in [3.05, 3.63) is 89.3 Å². The quantitative estimate of drug-likeness (QED) is 0.543. The van der Waals surface area contributed by atoms with Crippen LogP contribution in [0.1, 0.15) is 30.9 Å². The minimum Gasteiger partial charge on any atom is -0.465 e. The van der Waals surface area contributed by atoms with Crippen molar-refractivity contribution >= 4 is 17.5 Å². The summed E-state index contributed by atoms with van der Waals surface area (Å²) in [6.07, 6.45) is 5.51. The second-order valence-electron chi connectivity index (χ2n) is 7.37. The van der Waals surface area contributed by atoms with E-state index in [0.717, 1.165) is 17.0 Å². The van der Waals surface area contributed by atoms with Crippen LogP contribution in [0, 0.1) is 5.92 Å². The molecule has 1 aromatic carbocycles. The molecule has 30 heavy (non-hydrogen) atoms. The van der Waals surface area contributed by atoms with Gasteiger partial charge in [-0.25, -0.2) is 4.98 Å². The predicted octanol–water partition coefficient (Wildman–Crippen LogP) is 4.68. The van der Waals surface area contributed by atoms with Gasteiger partial charge in [-0.15, -0.1) is 0 Å². The van der Waals surface area contributed by atoms with Crippen LogP contribution in [-0.4, -0.2) is 28.5 Å². The highest BCUT2D eigenvalue weighted by atomic mass is 35.5. The van der Waals surface area contributed by atoms with Crippen LogP contribution in [0.15, 0.2) is 73.2 Å². The highest BCUT2D eigenvalue weighted by molar-refractivity contribution is 6.30. The topological polar surface area (TPSA) is 64.1 Å². The van der Waals surface area contributed by atoms with Crippen molar-refractivity contribution < 1.29 is 9.53 Å². The summed E-state index contributed by atoms with van der Waals surface area (Å²) in [5.74, 6) is 0.663. The average molecular weight is 424 g/mol. The first-order valence-electron chi connectivity index (χ1n) is 10.0. The number of halogens is 1. The molecule has 0 radical (unpaired) electrons. The van der Waals surface area contributed by atoms with E-state index < -0.39 is 6.10 Å². The predicted molar refractivity (Wildman–Crippen MR) is 119 cm³/mol. The number of hydrogen-bond acceptors (Lipinski definition) is 4. The molecule has 1 N–H and O–H groups in total. The fraction of sp³-hybridized carbons (Fsp3) is 0.292. The van der Waals surface area contributed by atoms with Gasteiger partial charge in [0.1, 0.15) is 0 Å². The largest absolute Gasteiger partial charge is 0.465 e.